The smallest absolute Gasteiger partial charge is 0.208 e. The van der Waals surface area contributed by atoms with Gasteiger partial charge in [0.2, 0.25) is 12.6 Å². The summed E-state index contributed by atoms with van der Waals surface area (Å²) in [6, 6.07) is 13.3. The van der Waals surface area contributed by atoms with E-state index in [-0.39, 0.29) is 23.1 Å². The van der Waals surface area contributed by atoms with E-state index in [1.54, 1.807) is 78.9 Å². The number of aliphatic hydroxyl groups is 2. The Morgan fingerprint density at radius 3 is 1.88 bits per heavy atom. The molecule has 0 bridgehead atoms. The summed E-state index contributed by atoms with van der Waals surface area (Å²) in [5.74, 6) is -3.34. The van der Waals surface area contributed by atoms with Crippen molar-refractivity contribution in [2.24, 2.45) is 17.8 Å². The second kappa shape index (κ2) is 8.09. The van der Waals surface area contributed by atoms with Gasteiger partial charge in [-0.15, -0.1) is 5.73 Å². The van der Waals surface area contributed by atoms with Crippen molar-refractivity contribution in [2.75, 3.05) is 0 Å². The fourth-order valence-electron chi connectivity index (χ4n) is 4.58. The number of para-hydroxylation sites is 2. The monoisotopic (exact) mass is 428 g/mol. The van der Waals surface area contributed by atoms with Crippen molar-refractivity contribution < 1.29 is 29.3 Å². The number of fused-ring (bicyclic) bond motifs is 2. The molecular formula is C26H20O6. The number of ether oxygens (including phenoxy) is 2. The van der Waals surface area contributed by atoms with Gasteiger partial charge in [0.25, 0.3) is 0 Å². The Morgan fingerprint density at radius 1 is 0.781 bits per heavy atom. The summed E-state index contributed by atoms with van der Waals surface area (Å²) in [4.78, 5) is 27.1. The molecule has 0 saturated carbocycles. The zero-order valence-electron chi connectivity index (χ0n) is 16.9. The minimum atomic E-state index is -1.51. The molecule has 3 aliphatic rings. The Bertz CT molecular complexity index is 1140. The first-order valence-electron chi connectivity index (χ1n) is 10.3. The zero-order chi connectivity index (χ0) is 22.2. The lowest BCUT2D eigenvalue weighted by Gasteiger charge is -2.41. The van der Waals surface area contributed by atoms with Crippen LogP contribution in [0, 0.1) is 17.8 Å². The van der Waals surface area contributed by atoms with Gasteiger partial charge in [-0.1, -0.05) is 42.5 Å². The average molecular weight is 428 g/mol. The largest absolute Gasteiger partial charge is 0.464 e. The number of benzene rings is 2. The number of allylic oxidation sites excluding steroid dienone is 5. The highest BCUT2D eigenvalue weighted by Gasteiger charge is 2.51. The number of hydrogen-bond acceptors (Lipinski definition) is 6. The second-order valence-electron chi connectivity index (χ2n) is 7.84. The Kier molecular flexibility index (Phi) is 5.11. The third kappa shape index (κ3) is 3.31. The van der Waals surface area contributed by atoms with E-state index < -0.39 is 30.3 Å². The highest BCUT2D eigenvalue weighted by molar-refractivity contribution is 6.05. The highest BCUT2D eigenvalue weighted by atomic mass is 16.6. The molecule has 2 N–H and O–H groups in total. The van der Waals surface area contributed by atoms with Crippen LogP contribution in [0.4, 0.5) is 0 Å². The van der Waals surface area contributed by atoms with Gasteiger partial charge < -0.3 is 19.7 Å². The summed E-state index contributed by atoms with van der Waals surface area (Å²) in [5.41, 5.74) is 4.16. The minimum Gasteiger partial charge on any atom is -0.464 e. The molecule has 0 radical (unpaired) electrons. The lowest BCUT2D eigenvalue weighted by molar-refractivity contribution is -0.107. The standard InChI is InChI=1S/C26H20O6/c27-23-16-11-5-7-13-18(16)31-25(29)21(23)20(15-9-3-1-2-4-10-15)22-24(28)17-12-6-8-14-19(17)32-26(22)30/h1,3-14,20-22,25-26,29-30H. The van der Waals surface area contributed by atoms with Crippen LogP contribution in [0.2, 0.25) is 0 Å². The van der Waals surface area contributed by atoms with E-state index in [1.807, 2.05) is 0 Å². The Hall–Kier alpha value is -3.70. The van der Waals surface area contributed by atoms with Crippen LogP contribution in [0.3, 0.4) is 0 Å². The molecule has 0 spiro atoms. The molecule has 5 rings (SSSR count). The first-order chi connectivity index (χ1) is 15.6. The van der Waals surface area contributed by atoms with Gasteiger partial charge in [0, 0.05) is 5.92 Å². The van der Waals surface area contributed by atoms with Crippen molar-refractivity contribution in [2.45, 2.75) is 12.6 Å². The van der Waals surface area contributed by atoms with Gasteiger partial charge in [-0.2, -0.15) is 0 Å². The first-order valence-corrected chi connectivity index (χ1v) is 10.3. The maximum atomic E-state index is 13.5. The van der Waals surface area contributed by atoms with Crippen LogP contribution in [0.15, 0.2) is 90.2 Å². The predicted octanol–water partition coefficient (Wildman–Crippen LogP) is 3.23. The molecule has 4 unspecified atom stereocenters. The van der Waals surface area contributed by atoms with Crippen LogP contribution in [0.25, 0.3) is 0 Å². The summed E-state index contributed by atoms with van der Waals surface area (Å²) >= 11 is 0. The maximum absolute atomic E-state index is 13.5. The first kappa shape index (κ1) is 20.2. The fraction of sp³-hybridized carbons (Fsp3) is 0.192. The van der Waals surface area contributed by atoms with Crippen molar-refractivity contribution in [1.82, 2.24) is 0 Å². The number of Topliss-reactive ketones (excluding diaryl/α,β-unsaturated/α-hetero) is 2. The number of carbonyl (C=O) groups is 2. The number of rotatable bonds is 3. The second-order valence-corrected chi connectivity index (χ2v) is 7.84. The number of carbonyl (C=O) groups excluding carboxylic acids is 2. The Labute approximate surface area is 184 Å². The van der Waals surface area contributed by atoms with Crippen LogP contribution < -0.4 is 9.47 Å². The molecule has 6 heteroatoms. The molecule has 1 aliphatic carbocycles. The van der Waals surface area contributed by atoms with E-state index in [0.717, 1.165) is 0 Å². The molecule has 32 heavy (non-hydrogen) atoms. The number of aliphatic hydroxyl groups excluding tert-OH is 2. The van der Waals surface area contributed by atoms with Gasteiger partial charge in [0.1, 0.15) is 11.5 Å². The molecule has 160 valence electrons. The molecule has 2 aromatic rings. The number of hydrogen-bond donors (Lipinski definition) is 2. The van der Waals surface area contributed by atoms with Crippen molar-refractivity contribution in [3.8, 4) is 11.5 Å². The van der Waals surface area contributed by atoms with Crippen molar-refractivity contribution >= 4 is 11.6 Å². The molecular weight excluding hydrogens is 408 g/mol. The normalized spacial score (nSPS) is 26.9. The molecule has 0 aromatic heterocycles. The third-order valence-electron chi connectivity index (χ3n) is 6.03. The molecule has 0 saturated heterocycles. The minimum absolute atomic E-state index is 0.282. The van der Waals surface area contributed by atoms with E-state index in [4.69, 9.17) is 9.47 Å². The van der Waals surface area contributed by atoms with Crippen LogP contribution in [0.1, 0.15) is 20.7 Å². The molecule has 0 fully saturated rings. The van der Waals surface area contributed by atoms with Gasteiger partial charge in [0.05, 0.1) is 23.0 Å². The zero-order valence-corrected chi connectivity index (χ0v) is 16.9. The van der Waals surface area contributed by atoms with Crippen LogP contribution in [-0.2, 0) is 0 Å². The van der Waals surface area contributed by atoms with E-state index in [9.17, 15) is 19.8 Å². The van der Waals surface area contributed by atoms with Gasteiger partial charge in [-0.05, 0) is 42.0 Å². The summed E-state index contributed by atoms with van der Waals surface area (Å²) in [7, 11) is 0. The van der Waals surface area contributed by atoms with Crippen molar-refractivity contribution in [1.29, 1.82) is 0 Å². The van der Waals surface area contributed by atoms with Gasteiger partial charge in [-0.3, -0.25) is 9.59 Å². The van der Waals surface area contributed by atoms with Crippen molar-refractivity contribution in [3.05, 3.63) is 101 Å². The fourth-order valence-corrected chi connectivity index (χ4v) is 4.58. The SMILES string of the molecule is O=C1c2ccccc2OC(O)C1C(C1=CC=C=CC=C1)C1C(=O)c2ccccc2OC1O. The third-order valence-corrected chi connectivity index (χ3v) is 6.03. The summed E-state index contributed by atoms with van der Waals surface area (Å²) < 4.78 is 11.3. The van der Waals surface area contributed by atoms with Crippen LogP contribution in [0.5, 0.6) is 11.5 Å². The predicted molar refractivity (Wildman–Crippen MR) is 115 cm³/mol. The van der Waals surface area contributed by atoms with Gasteiger partial charge in [0.15, 0.2) is 11.6 Å². The van der Waals surface area contributed by atoms with E-state index in [0.29, 0.717) is 16.7 Å². The molecule has 2 heterocycles. The molecule has 4 atom stereocenters. The highest BCUT2D eigenvalue weighted by Crippen LogP contribution is 2.44. The molecule has 2 aliphatic heterocycles. The Balaban J connectivity index is 1.64. The van der Waals surface area contributed by atoms with Crippen LogP contribution >= 0.6 is 0 Å². The maximum Gasteiger partial charge on any atom is 0.208 e. The van der Waals surface area contributed by atoms with E-state index in [1.165, 1.54) is 0 Å². The Morgan fingerprint density at radius 2 is 1.31 bits per heavy atom. The molecule has 6 nitrogen and oxygen atoms in total. The summed E-state index contributed by atoms with van der Waals surface area (Å²) in [6.07, 6.45) is 5.52. The van der Waals surface area contributed by atoms with Gasteiger partial charge in [-0.25, -0.2) is 0 Å². The van der Waals surface area contributed by atoms with Crippen LogP contribution in [-0.4, -0.2) is 34.4 Å². The van der Waals surface area contributed by atoms with Gasteiger partial charge >= 0.3 is 0 Å². The lowest BCUT2D eigenvalue weighted by Crippen LogP contribution is -2.51. The van der Waals surface area contributed by atoms with E-state index in [2.05, 4.69) is 5.73 Å². The lowest BCUT2D eigenvalue weighted by atomic mass is 9.69. The van der Waals surface area contributed by atoms with E-state index >= 15 is 0 Å². The topological polar surface area (TPSA) is 93.1 Å². The molecule has 0 amide bonds. The summed E-state index contributed by atoms with van der Waals surface area (Å²) in [6.45, 7) is 0. The summed E-state index contributed by atoms with van der Waals surface area (Å²) in [5, 5.41) is 21.8. The number of ketones is 2. The quantitative estimate of drug-likeness (QED) is 0.730. The average Bonchev–Trinajstić information content (AvgIpc) is 3.07. The molecule has 2 aromatic carbocycles. The van der Waals surface area contributed by atoms with Crippen molar-refractivity contribution in [3.63, 3.8) is 0 Å².